The normalized spacial score (nSPS) is 15.6. The Kier molecular flexibility index (Phi) is 4.68. The van der Waals surface area contributed by atoms with Crippen molar-refractivity contribution in [3.05, 3.63) is 145 Å². The van der Waals surface area contributed by atoms with Gasteiger partial charge in [-0.2, -0.15) is 0 Å². The molecule has 0 fully saturated rings. The van der Waals surface area contributed by atoms with Gasteiger partial charge in [-0.05, 0) is 54.0 Å². The maximum Gasteiger partial charge on any atom is 0.0560 e. The predicted molar refractivity (Wildman–Crippen MR) is 161 cm³/mol. The van der Waals surface area contributed by atoms with Crippen LogP contribution in [0.4, 0.5) is 0 Å². The monoisotopic (exact) mass is 486 g/mol. The molecule has 2 heteroatoms. The summed E-state index contributed by atoms with van der Waals surface area (Å²) in [6, 6.07) is 44.2. The first-order chi connectivity index (χ1) is 18.9. The van der Waals surface area contributed by atoms with Crippen LogP contribution in [0.1, 0.15) is 18.0 Å². The number of aromatic nitrogens is 2. The van der Waals surface area contributed by atoms with Gasteiger partial charge < -0.3 is 9.13 Å². The number of hydrogen-bond donors (Lipinski definition) is 0. The van der Waals surface area contributed by atoms with E-state index in [4.69, 9.17) is 0 Å². The van der Waals surface area contributed by atoms with Crippen LogP contribution in [0.15, 0.2) is 140 Å². The molecule has 8 rings (SSSR count). The lowest BCUT2D eigenvalue weighted by Crippen LogP contribution is -2.07. The Morgan fingerprint density at radius 2 is 0.974 bits per heavy atom. The topological polar surface area (TPSA) is 9.86 Å². The molecule has 0 saturated carbocycles. The first-order valence-electron chi connectivity index (χ1n) is 13.3. The third kappa shape index (κ3) is 3.13. The summed E-state index contributed by atoms with van der Waals surface area (Å²) >= 11 is 0. The molecule has 0 N–H and O–H groups in total. The number of fused-ring (bicyclic) bond motifs is 6. The van der Waals surface area contributed by atoms with Gasteiger partial charge in [0.05, 0.1) is 17.1 Å². The van der Waals surface area contributed by atoms with Crippen molar-refractivity contribution in [2.24, 2.45) is 0 Å². The van der Waals surface area contributed by atoms with Gasteiger partial charge >= 0.3 is 0 Å². The molecular formula is C36H26N2. The van der Waals surface area contributed by atoms with Crippen LogP contribution in [-0.4, -0.2) is 9.13 Å². The van der Waals surface area contributed by atoms with Crippen LogP contribution >= 0.6 is 0 Å². The summed E-state index contributed by atoms with van der Waals surface area (Å²) in [6.45, 7) is 0. The van der Waals surface area contributed by atoms with Crippen molar-refractivity contribution in [1.82, 2.24) is 9.13 Å². The van der Waals surface area contributed by atoms with Gasteiger partial charge in [0.25, 0.3) is 0 Å². The molecule has 2 heterocycles. The molecule has 1 unspecified atom stereocenters. The fourth-order valence-corrected chi connectivity index (χ4v) is 6.33. The van der Waals surface area contributed by atoms with Gasteiger partial charge in [-0.25, -0.2) is 0 Å². The fraction of sp³-hybridized carbons (Fsp3) is 0.0556. The molecule has 1 atom stereocenters. The standard InChI is InChI=1S/C36H26N2/c1-5-13-33-29(9-1)30-10-2-6-14-34(30)37(33)27-21-17-25(18-22-27)26-19-23-28(24-20-26)38-35-15-7-3-11-31(35)32-12-4-8-16-36(32)38/h1-23,28H,24H2. The number of hydrogen-bond acceptors (Lipinski definition) is 0. The molecule has 7 aromatic rings. The van der Waals surface area contributed by atoms with E-state index in [0.29, 0.717) is 6.04 Å². The SMILES string of the molecule is C1=CC(n2c3ccccc3c3ccccc32)CC=C1c1ccc(-n2c3ccccc3c3ccccc32)cc1. The summed E-state index contributed by atoms with van der Waals surface area (Å²) in [4.78, 5) is 0. The predicted octanol–water partition coefficient (Wildman–Crippen LogP) is 9.48. The highest BCUT2D eigenvalue weighted by molar-refractivity contribution is 6.09. The summed E-state index contributed by atoms with van der Waals surface area (Å²) in [6.07, 6.45) is 8.04. The molecule has 1 aliphatic carbocycles. The van der Waals surface area contributed by atoms with Gasteiger partial charge in [0.1, 0.15) is 0 Å². The Bertz CT molecular complexity index is 1940. The van der Waals surface area contributed by atoms with Crippen molar-refractivity contribution in [2.45, 2.75) is 12.5 Å². The zero-order valence-electron chi connectivity index (χ0n) is 21.0. The first kappa shape index (κ1) is 21.3. The number of para-hydroxylation sites is 4. The molecule has 2 nitrogen and oxygen atoms in total. The molecule has 0 aliphatic heterocycles. The van der Waals surface area contributed by atoms with Crippen LogP contribution in [0.3, 0.4) is 0 Å². The molecule has 1 aliphatic rings. The van der Waals surface area contributed by atoms with Gasteiger partial charge in [-0.1, -0.05) is 103 Å². The lowest BCUT2D eigenvalue weighted by molar-refractivity contribution is 0.649. The maximum absolute atomic E-state index is 2.50. The Morgan fingerprint density at radius 1 is 0.500 bits per heavy atom. The second kappa shape index (κ2) is 8.36. The molecule has 5 aromatic carbocycles. The lowest BCUT2D eigenvalue weighted by atomic mass is 9.96. The van der Waals surface area contributed by atoms with E-state index in [1.165, 1.54) is 60.4 Å². The zero-order valence-corrected chi connectivity index (χ0v) is 21.0. The molecular weight excluding hydrogens is 460 g/mol. The van der Waals surface area contributed by atoms with Crippen LogP contribution in [0.25, 0.3) is 54.9 Å². The van der Waals surface area contributed by atoms with Crippen molar-refractivity contribution < 1.29 is 0 Å². The van der Waals surface area contributed by atoms with Crippen LogP contribution in [0.5, 0.6) is 0 Å². The molecule has 2 aromatic heterocycles. The zero-order chi connectivity index (χ0) is 25.1. The highest BCUT2D eigenvalue weighted by atomic mass is 15.0. The van der Waals surface area contributed by atoms with Crippen molar-refractivity contribution >= 4 is 49.2 Å². The molecule has 0 amide bonds. The quantitative estimate of drug-likeness (QED) is 0.235. The summed E-state index contributed by atoms with van der Waals surface area (Å²) in [5.74, 6) is 0. The van der Waals surface area contributed by atoms with Gasteiger partial charge in [0.15, 0.2) is 0 Å². The number of rotatable bonds is 3. The van der Waals surface area contributed by atoms with E-state index >= 15 is 0 Å². The Balaban J connectivity index is 1.14. The maximum atomic E-state index is 2.50. The number of nitrogens with zero attached hydrogens (tertiary/aromatic N) is 2. The van der Waals surface area contributed by atoms with Gasteiger partial charge in [0, 0.05) is 38.3 Å². The lowest BCUT2D eigenvalue weighted by Gasteiger charge is -2.21. The molecule has 0 bridgehead atoms. The molecule has 0 radical (unpaired) electrons. The summed E-state index contributed by atoms with van der Waals surface area (Å²) in [7, 11) is 0. The Morgan fingerprint density at radius 3 is 1.47 bits per heavy atom. The smallest absolute Gasteiger partial charge is 0.0560 e. The van der Waals surface area contributed by atoms with Crippen LogP contribution in [0.2, 0.25) is 0 Å². The molecule has 38 heavy (non-hydrogen) atoms. The van der Waals surface area contributed by atoms with Crippen molar-refractivity contribution in [3.63, 3.8) is 0 Å². The highest BCUT2D eigenvalue weighted by Gasteiger charge is 2.18. The minimum atomic E-state index is 0.306. The van der Waals surface area contributed by atoms with E-state index in [2.05, 4.69) is 149 Å². The van der Waals surface area contributed by atoms with Gasteiger partial charge in [-0.3, -0.25) is 0 Å². The van der Waals surface area contributed by atoms with Gasteiger partial charge in [-0.15, -0.1) is 0 Å². The average molecular weight is 487 g/mol. The Hall–Kier alpha value is -4.82. The van der Waals surface area contributed by atoms with Crippen molar-refractivity contribution in [2.75, 3.05) is 0 Å². The summed E-state index contributed by atoms with van der Waals surface area (Å²) in [5, 5.41) is 5.24. The first-order valence-corrected chi connectivity index (χ1v) is 13.3. The van der Waals surface area contributed by atoms with E-state index in [9.17, 15) is 0 Å². The van der Waals surface area contributed by atoms with Crippen LogP contribution in [-0.2, 0) is 0 Å². The fourth-order valence-electron chi connectivity index (χ4n) is 6.33. The van der Waals surface area contributed by atoms with E-state index in [1.807, 2.05) is 0 Å². The third-order valence-electron chi connectivity index (χ3n) is 8.07. The van der Waals surface area contributed by atoms with Crippen molar-refractivity contribution in [3.8, 4) is 5.69 Å². The number of allylic oxidation sites excluding steroid dienone is 4. The van der Waals surface area contributed by atoms with Crippen LogP contribution in [0, 0.1) is 0 Å². The summed E-state index contributed by atoms with van der Waals surface area (Å²) < 4.78 is 4.87. The Labute approximate surface area is 221 Å². The largest absolute Gasteiger partial charge is 0.333 e. The second-order valence-corrected chi connectivity index (χ2v) is 10.1. The molecule has 0 spiro atoms. The average Bonchev–Trinajstić information content (AvgIpc) is 3.51. The molecule has 0 saturated heterocycles. The van der Waals surface area contributed by atoms with E-state index in [1.54, 1.807) is 0 Å². The van der Waals surface area contributed by atoms with Crippen LogP contribution < -0.4 is 0 Å². The van der Waals surface area contributed by atoms with Crippen molar-refractivity contribution in [1.29, 1.82) is 0 Å². The van der Waals surface area contributed by atoms with E-state index in [0.717, 1.165) is 6.42 Å². The third-order valence-corrected chi connectivity index (χ3v) is 8.07. The highest BCUT2D eigenvalue weighted by Crippen LogP contribution is 2.37. The molecule has 180 valence electrons. The summed E-state index contributed by atoms with van der Waals surface area (Å²) in [5.41, 5.74) is 8.82. The number of benzene rings is 5. The van der Waals surface area contributed by atoms with Gasteiger partial charge in [0.2, 0.25) is 0 Å². The minimum Gasteiger partial charge on any atom is -0.333 e. The second-order valence-electron chi connectivity index (χ2n) is 10.1. The minimum absolute atomic E-state index is 0.306. The van der Waals surface area contributed by atoms with E-state index < -0.39 is 0 Å². The van der Waals surface area contributed by atoms with E-state index in [-0.39, 0.29) is 0 Å².